The molecule has 0 aromatic rings. The molecule has 0 bridgehead atoms. The minimum absolute atomic E-state index is 0. The molecule has 12 nitrogen and oxygen atoms in total. The van der Waals surface area contributed by atoms with Crippen LogP contribution in [-0.2, 0) is 28.8 Å². The van der Waals surface area contributed by atoms with E-state index in [1.165, 1.54) is 0 Å². The second-order valence-corrected chi connectivity index (χ2v) is 3.03. The number of carboxylic acids is 6. The molecular formula is C12H12O12Pr2. The molecule has 0 aromatic carbocycles. The summed E-state index contributed by atoms with van der Waals surface area (Å²) >= 11 is 0. The van der Waals surface area contributed by atoms with E-state index in [0.29, 0.717) is 36.5 Å². The molecule has 0 aliphatic rings. The molecule has 0 heterocycles. The molecule has 0 spiro atoms. The molecule has 0 atom stereocenters. The summed E-state index contributed by atoms with van der Waals surface area (Å²) in [7, 11) is 0. The van der Waals surface area contributed by atoms with Crippen LogP contribution in [0.4, 0.5) is 0 Å². The summed E-state index contributed by atoms with van der Waals surface area (Å²) in [4.78, 5) is 57.3. The van der Waals surface area contributed by atoms with Crippen molar-refractivity contribution < 1.29 is 142 Å². The van der Waals surface area contributed by atoms with Crippen LogP contribution in [0.1, 0.15) is 0 Å². The van der Waals surface area contributed by atoms with Gasteiger partial charge in [-0.15, -0.1) is 0 Å². The van der Waals surface area contributed by atoms with Gasteiger partial charge in [0, 0.05) is 119 Å². The first kappa shape index (κ1) is 35.8. The predicted octanol–water partition coefficient (Wildman–Crippen LogP) is -0.865. The van der Waals surface area contributed by atoms with Crippen LogP contribution in [0.2, 0.25) is 0 Å². The van der Waals surface area contributed by atoms with Crippen molar-refractivity contribution in [1.82, 2.24) is 0 Å². The van der Waals surface area contributed by atoms with Gasteiger partial charge in [-0.2, -0.15) is 0 Å². The first-order valence-corrected chi connectivity index (χ1v) is 5.30. The molecule has 138 valence electrons. The molecule has 0 unspecified atom stereocenters. The third-order valence-electron chi connectivity index (χ3n) is 1.11. The van der Waals surface area contributed by atoms with Crippen molar-refractivity contribution in [3.63, 3.8) is 0 Å². The van der Waals surface area contributed by atoms with Crippen molar-refractivity contribution in [2.45, 2.75) is 0 Å². The van der Waals surface area contributed by atoms with Crippen LogP contribution in [0, 0.1) is 82.6 Å². The van der Waals surface area contributed by atoms with E-state index < -0.39 is 35.8 Å². The zero-order chi connectivity index (χ0) is 19.7. The van der Waals surface area contributed by atoms with E-state index in [4.69, 9.17) is 30.6 Å². The van der Waals surface area contributed by atoms with Gasteiger partial charge in [-0.05, 0) is 0 Å². The Morgan fingerprint density at radius 2 is 0.423 bits per heavy atom. The van der Waals surface area contributed by atoms with Gasteiger partial charge in [0.15, 0.2) is 0 Å². The molecule has 0 saturated carbocycles. The van der Waals surface area contributed by atoms with Crippen LogP contribution in [-0.4, -0.2) is 66.5 Å². The molecule has 0 amide bonds. The Bertz CT molecular complexity index is 448. The van der Waals surface area contributed by atoms with Gasteiger partial charge in [0.1, 0.15) is 0 Å². The Morgan fingerprint density at radius 3 is 0.462 bits per heavy atom. The van der Waals surface area contributed by atoms with E-state index in [-0.39, 0.29) is 82.6 Å². The summed E-state index contributed by atoms with van der Waals surface area (Å²) in [5.41, 5.74) is 0. The van der Waals surface area contributed by atoms with Crippen molar-refractivity contribution >= 4 is 35.8 Å². The van der Waals surface area contributed by atoms with Crippen molar-refractivity contribution in [2.24, 2.45) is 0 Å². The summed E-state index contributed by atoms with van der Waals surface area (Å²) in [6.07, 6.45) is 3.35. The molecule has 0 aliphatic heterocycles. The maximum absolute atomic E-state index is 9.55. The van der Waals surface area contributed by atoms with Crippen LogP contribution in [0.3, 0.4) is 0 Å². The van der Waals surface area contributed by atoms with Crippen LogP contribution in [0.5, 0.6) is 0 Å². The number of carbonyl (C=O) groups is 6. The van der Waals surface area contributed by atoms with E-state index in [9.17, 15) is 28.8 Å². The van der Waals surface area contributed by atoms with Gasteiger partial charge in [0.2, 0.25) is 0 Å². The molecular weight excluding hydrogens is 618 g/mol. The quantitative estimate of drug-likeness (QED) is 0.197. The Hall–Kier alpha value is -1.23. The summed E-state index contributed by atoms with van der Waals surface area (Å²) in [6.45, 7) is 0. The fourth-order valence-corrected chi connectivity index (χ4v) is 0.428. The standard InChI is InChI=1S/3C4H4O4.2Pr/c3*5-3(6)1-2-4(7)8;;/h3*1-2H,(H,5,6)(H,7,8);;/b3*2-1-;;. The van der Waals surface area contributed by atoms with E-state index >= 15 is 0 Å². The van der Waals surface area contributed by atoms with Crippen LogP contribution in [0.15, 0.2) is 36.5 Å². The summed E-state index contributed by atoms with van der Waals surface area (Å²) in [5, 5.41) is 46.9. The fraction of sp³-hybridized carbons (Fsp3) is 0. The molecule has 0 saturated heterocycles. The molecule has 14 heteroatoms. The van der Waals surface area contributed by atoms with Crippen LogP contribution < -0.4 is 0 Å². The van der Waals surface area contributed by atoms with E-state index in [1.54, 1.807) is 0 Å². The third-order valence-corrected chi connectivity index (χ3v) is 1.11. The zero-order valence-electron chi connectivity index (χ0n) is 12.8. The van der Waals surface area contributed by atoms with E-state index in [0.717, 1.165) is 0 Å². The van der Waals surface area contributed by atoms with Crippen molar-refractivity contribution in [1.29, 1.82) is 0 Å². The minimum Gasteiger partial charge on any atom is -0.478 e. The van der Waals surface area contributed by atoms with Crippen LogP contribution in [0.25, 0.3) is 0 Å². The topological polar surface area (TPSA) is 224 Å². The number of hydrogen-bond acceptors (Lipinski definition) is 6. The van der Waals surface area contributed by atoms with Crippen molar-refractivity contribution in [3.8, 4) is 0 Å². The number of hydrogen-bond donors (Lipinski definition) is 6. The molecule has 0 aliphatic carbocycles. The van der Waals surface area contributed by atoms with Gasteiger partial charge in [-0.1, -0.05) is 0 Å². The molecule has 2 radical (unpaired) electrons. The average molecular weight is 630 g/mol. The molecule has 0 rings (SSSR count). The first-order chi connectivity index (χ1) is 10.9. The van der Waals surface area contributed by atoms with E-state index in [2.05, 4.69) is 0 Å². The maximum Gasteiger partial charge on any atom is 0.328 e. The van der Waals surface area contributed by atoms with Gasteiger partial charge >= 0.3 is 35.8 Å². The number of carboxylic acid groups (broad SMARTS) is 6. The molecule has 26 heavy (non-hydrogen) atoms. The number of rotatable bonds is 6. The third kappa shape index (κ3) is 56.9. The van der Waals surface area contributed by atoms with Gasteiger partial charge < -0.3 is 30.6 Å². The smallest absolute Gasteiger partial charge is 0.328 e. The van der Waals surface area contributed by atoms with E-state index in [1.807, 2.05) is 0 Å². The normalized spacial score (nSPS) is 8.77. The van der Waals surface area contributed by atoms with Crippen molar-refractivity contribution in [3.05, 3.63) is 36.5 Å². The van der Waals surface area contributed by atoms with Gasteiger partial charge in [-0.3, -0.25) is 0 Å². The fourth-order valence-electron chi connectivity index (χ4n) is 0.428. The number of aliphatic carboxylic acids is 6. The molecule has 6 N–H and O–H groups in total. The van der Waals surface area contributed by atoms with Crippen molar-refractivity contribution in [2.75, 3.05) is 0 Å². The molecule has 0 fully saturated rings. The maximum atomic E-state index is 9.55. The second-order valence-electron chi connectivity index (χ2n) is 3.03. The van der Waals surface area contributed by atoms with Gasteiger partial charge in [-0.25, -0.2) is 28.8 Å². The minimum atomic E-state index is -1.26. The summed E-state index contributed by atoms with van der Waals surface area (Å²) in [6, 6.07) is 0. The predicted molar refractivity (Wildman–Crippen MR) is 73.2 cm³/mol. The Morgan fingerprint density at radius 1 is 0.346 bits per heavy atom. The Balaban J connectivity index is -0.0000000817. The van der Waals surface area contributed by atoms with Crippen LogP contribution >= 0.6 is 0 Å². The largest absolute Gasteiger partial charge is 0.478 e. The molecule has 0 aromatic heterocycles. The van der Waals surface area contributed by atoms with Gasteiger partial charge in [0.05, 0.1) is 0 Å². The monoisotopic (exact) mass is 630 g/mol. The second kappa shape index (κ2) is 23.8. The SMILES string of the molecule is O=C(O)/C=C\C(=O)O.O=C(O)/C=C\C(=O)O.O=C(O)/C=C\C(=O)O.[Pr].[Pr]. The average Bonchev–Trinajstić information content (AvgIpc) is 2.42. The summed E-state index contributed by atoms with van der Waals surface area (Å²) < 4.78 is 0. The first-order valence-electron chi connectivity index (χ1n) is 5.30. The zero-order valence-corrected chi connectivity index (χ0v) is 20.2. The summed E-state index contributed by atoms with van der Waals surface area (Å²) in [5.74, 6) is -7.54. The van der Waals surface area contributed by atoms with Gasteiger partial charge in [0.25, 0.3) is 0 Å². The Labute approximate surface area is 211 Å². The Kier molecular flexibility index (Phi) is 32.7.